The Morgan fingerprint density at radius 1 is 1.03 bits per heavy atom. The lowest BCUT2D eigenvalue weighted by molar-refractivity contribution is 0.0956. The number of hydrogen-bond acceptors (Lipinski definition) is 5. The molecule has 1 saturated heterocycles. The smallest absolute Gasteiger partial charge is 0.263 e. The fraction of sp³-hybridized carbons (Fsp3) is 0.238. The third kappa shape index (κ3) is 4.39. The summed E-state index contributed by atoms with van der Waals surface area (Å²) < 4.78 is 25.3. The van der Waals surface area contributed by atoms with Crippen LogP contribution in [-0.4, -0.2) is 49.0 Å². The van der Waals surface area contributed by atoms with E-state index in [-0.39, 0.29) is 18.2 Å². The van der Waals surface area contributed by atoms with E-state index in [1.54, 1.807) is 0 Å². The van der Waals surface area contributed by atoms with Crippen LogP contribution in [0.2, 0.25) is 0 Å². The van der Waals surface area contributed by atoms with E-state index in [9.17, 15) is 13.2 Å². The summed E-state index contributed by atoms with van der Waals surface area (Å²) in [5, 5.41) is 3.64. The van der Waals surface area contributed by atoms with Crippen LogP contribution in [0.4, 0.5) is 0 Å². The van der Waals surface area contributed by atoms with E-state index in [1.165, 1.54) is 15.6 Å². The molecule has 1 aliphatic rings. The average Bonchev–Trinajstić information content (AvgIpc) is 3.33. The molecule has 0 spiro atoms. The van der Waals surface area contributed by atoms with Crippen molar-refractivity contribution in [3.8, 4) is 21.8 Å². The second-order valence-electron chi connectivity index (χ2n) is 6.75. The first-order valence-electron chi connectivity index (χ1n) is 9.42. The number of benzene rings is 2. The number of nitrogens with one attached hydrogen (secondary N) is 1. The van der Waals surface area contributed by atoms with Gasteiger partial charge in [0.25, 0.3) is 5.91 Å². The van der Waals surface area contributed by atoms with Gasteiger partial charge in [0.15, 0.2) is 0 Å². The first kappa shape index (κ1) is 19.8. The fourth-order valence-corrected chi connectivity index (χ4v) is 5.82. The van der Waals surface area contributed by atoms with Gasteiger partial charge in [-0.3, -0.25) is 4.79 Å². The molecule has 2 heterocycles. The molecule has 1 aromatic heterocycles. The highest BCUT2D eigenvalue weighted by molar-refractivity contribution is 7.89. The zero-order chi connectivity index (χ0) is 20.3. The minimum Gasteiger partial charge on any atom is -0.350 e. The molecule has 0 unspecified atom stereocenters. The van der Waals surface area contributed by atoms with Gasteiger partial charge in [-0.05, 0) is 6.42 Å². The number of carbonyl (C=O) groups is 1. The van der Waals surface area contributed by atoms with Crippen LogP contribution in [0, 0.1) is 0 Å². The van der Waals surface area contributed by atoms with Crippen LogP contribution in [0.1, 0.15) is 16.1 Å². The van der Waals surface area contributed by atoms with Crippen LogP contribution in [0.15, 0.2) is 60.7 Å². The molecule has 150 valence electrons. The van der Waals surface area contributed by atoms with E-state index in [0.717, 1.165) is 16.1 Å². The van der Waals surface area contributed by atoms with Crippen LogP contribution in [0.3, 0.4) is 0 Å². The highest BCUT2D eigenvalue weighted by Gasteiger charge is 2.28. The van der Waals surface area contributed by atoms with Crippen LogP contribution >= 0.6 is 11.3 Å². The Hall–Kier alpha value is -2.55. The first-order valence-corrected chi connectivity index (χ1v) is 11.8. The average molecular weight is 428 g/mol. The van der Waals surface area contributed by atoms with Crippen molar-refractivity contribution in [2.75, 3.05) is 25.4 Å². The van der Waals surface area contributed by atoms with Crippen molar-refractivity contribution in [2.45, 2.75) is 6.42 Å². The molecular weight excluding hydrogens is 406 g/mol. The van der Waals surface area contributed by atoms with E-state index < -0.39 is 10.0 Å². The number of amides is 1. The highest BCUT2D eigenvalue weighted by atomic mass is 32.2. The Balaban J connectivity index is 1.56. The number of carbonyl (C=O) groups excluding carboxylic acids is 1. The lowest BCUT2D eigenvalue weighted by Crippen LogP contribution is -2.35. The normalized spacial score (nSPS) is 16.0. The van der Waals surface area contributed by atoms with Crippen molar-refractivity contribution in [1.82, 2.24) is 14.6 Å². The second kappa shape index (κ2) is 8.44. The molecule has 1 fully saturated rings. The molecule has 1 N–H and O–H groups in total. The van der Waals surface area contributed by atoms with Gasteiger partial charge < -0.3 is 5.32 Å². The maximum absolute atomic E-state index is 12.9. The number of nitrogens with zero attached hydrogens (tertiary/aromatic N) is 2. The molecule has 29 heavy (non-hydrogen) atoms. The van der Waals surface area contributed by atoms with E-state index in [0.29, 0.717) is 30.1 Å². The Morgan fingerprint density at radius 3 is 2.31 bits per heavy atom. The molecular formula is C21H21N3O3S2. The van der Waals surface area contributed by atoms with Gasteiger partial charge >= 0.3 is 0 Å². The largest absolute Gasteiger partial charge is 0.350 e. The Morgan fingerprint density at radius 2 is 1.69 bits per heavy atom. The van der Waals surface area contributed by atoms with Gasteiger partial charge in [-0.1, -0.05) is 60.7 Å². The molecule has 2 aromatic carbocycles. The van der Waals surface area contributed by atoms with Crippen LogP contribution in [0.5, 0.6) is 0 Å². The van der Waals surface area contributed by atoms with Gasteiger partial charge in [-0.25, -0.2) is 17.7 Å². The van der Waals surface area contributed by atoms with Gasteiger partial charge in [0.05, 0.1) is 11.4 Å². The van der Waals surface area contributed by atoms with Crippen molar-refractivity contribution in [3.63, 3.8) is 0 Å². The van der Waals surface area contributed by atoms with E-state index >= 15 is 0 Å². The van der Waals surface area contributed by atoms with Crippen molar-refractivity contribution < 1.29 is 13.2 Å². The molecule has 8 heteroatoms. The molecule has 4 rings (SSSR count). The monoisotopic (exact) mass is 427 g/mol. The molecule has 1 aliphatic heterocycles. The summed E-state index contributed by atoms with van der Waals surface area (Å²) in [5.41, 5.74) is 2.47. The number of rotatable bonds is 6. The summed E-state index contributed by atoms with van der Waals surface area (Å²) in [4.78, 5) is 18.2. The molecule has 1 amide bonds. The van der Waals surface area contributed by atoms with Gasteiger partial charge in [-0.15, -0.1) is 11.3 Å². The number of thiazole rings is 1. The van der Waals surface area contributed by atoms with Crippen LogP contribution in [0.25, 0.3) is 21.8 Å². The van der Waals surface area contributed by atoms with Gasteiger partial charge in [-0.2, -0.15) is 0 Å². The molecule has 0 aliphatic carbocycles. The summed E-state index contributed by atoms with van der Waals surface area (Å²) in [6.45, 7) is 1.08. The minimum atomic E-state index is -3.16. The van der Waals surface area contributed by atoms with Crippen molar-refractivity contribution in [3.05, 3.63) is 65.5 Å². The van der Waals surface area contributed by atoms with Gasteiger partial charge in [0, 0.05) is 30.8 Å². The molecule has 0 radical (unpaired) electrons. The lowest BCUT2D eigenvalue weighted by atomic mass is 10.1. The Labute approximate surface area is 174 Å². The van der Waals surface area contributed by atoms with Crippen LogP contribution < -0.4 is 5.32 Å². The van der Waals surface area contributed by atoms with E-state index in [2.05, 4.69) is 5.32 Å². The summed E-state index contributed by atoms with van der Waals surface area (Å²) in [6.07, 6.45) is 0.643. The maximum atomic E-state index is 12.9. The minimum absolute atomic E-state index is 0.189. The number of hydrogen-bond donors (Lipinski definition) is 1. The first-order chi connectivity index (χ1) is 14.0. The molecule has 3 aromatic rings. The zero-order valence-electron chi connectivity index (χ0n) is 15.7. The Bertz CT molecular complexity index is 1100. The Kier molecular flexibility index (Phi) is 5.75. The summed E-state index contributed by atoms with van der Waals surface area (Å²) >= 11 is 1.34. The third-order valence-electron chi connectivity index (χ3n) is 4.75. The molecule has 6 nitrogen and oxygen atoms in total. The van der Waals surface area contributed by atoms with Gasteiger partial charge in [0.1, 0.15) is 9.88 Å². The van der Waals surface area contributed by atoms with E-state index in [4.69, 9.17) is 4.98 Å². The predicted molar refractivity (Wildman–Crippen MR) is 115 cm³/mol. The van der Waals surface area contributed by atoms with Crippen molar-refractivity contribution in [2.24, 2.45) is 0 Å². The fourth-order valence-electron chi connectivity index (χ4n) is 3.29. The summed E-state index contributed by atoms with van der Waals surface area (Å²) in [7, 11) is -3.16. The van der Waals surface area contributed by atoms with Crippen LogP contribution in [-0.2, 0) is 10.0 Å². The quantitative estimate of drug-likeness (QED) is 0.655. The topological polar surface area (TPSA) is 79.4 Å². The van der Waals surface area contributed by atoms with Crippen molar-refractivity contribution in [1.29, 1.82) is 0 Å². The summed E-state index contributed by atoms with van der Waals surface area (Å²) in [6, 6.07) is 19.4. The lowest BCUT2D eigenvalue weighted by Gasteiger charge is -2.14. The third-order valence-corrected chi connectivity index (χ3v) is 7.81. The standard InChI is InChI=1S/C21H21N3O3S2/c25-20(22-12-14-24-13-7-15-29(24,26)27)19-18(16-8-3-1-4-9-16)23-21(28-19)17-10-5-2-6-11-17/h1-6,8-11H,7,12-15H2,(H,22,25). The zero-order valence-corrected chi connectivity index (χ0v) is 17.4. The predicted octanol–water partition coefficient (Wildman–Crippen LogP) is 3.24. The maximum Gasteiger partial charge on any atom is 0.263 e. The highest BCUT2D eigenvalue weighted by Crippen LogP contribution is 2.33. The van der Waals surface area contributed by atoms with Gasteiger partial charge in [0.2, 0.25) is 10.0 Å². The SMILES string of the molecule is O=C(NCCN1CCCS1(=O)=O)c1sc(-c2ccccc2)nc1-c1ccccc1. The molecule has 0 atom stereocenters. The van der Waals surface area contributed by atoms with Crippen molar-refractivity contribution >= 4 is 27.3 Å². The molecule has 0 saturated carbocycles. The number of aromatic nitrogens is 1. The molecule has 0 bridgehead atoms. The second-order valence-corrected chi connectivity index (χ2v) is 9.84. The van der Waals surface area contributed by atoms with E-state index in [1.807, 2.05) is 60.7 Å². The summed E-state index contributed by atoms with van der Waals surface area (Å²) in [5.74, 6) is -0.0471. The number of sulfonamides is 1.